The smallest absolute Gasteiger partial charge is 0.171 e. The molecule has 0 aliphatic carbocycles. The van der Waals surface area contributed by atoms with Crippen LogP contribution in [0.1, 0.15) is 0 Å². The molecule has 0 saturated carbocycles. The van der Waals surface area contributed by atoms with E-state index >= 15 is 0 Å². The van der Waals surface area contributed by atoms with E-state index in [0.717, 1.165) is 10.3 Å². The van der Waals surface area contributed by atoms with Gasteiger partial charge in [-0.2, -0.15) is 5.10 Å². The molecule has 1 rings (SSSR count). The Hall–Kier alpha value is -0.160. The van der Waals surface area contributed by atoms with Crippen molar-refractivity contribution in [2.45, 2.75) is 0 Å². The van der Waals surface area contributed by atoms with Gasteiger partial charge in [-0.25, -0.2) is 9.04 Å². The fourth-order valence-corrected chi connectivity index (χ4v) is 1.80. The monoisotopic (exact) mass is 235 g/mol. The van der Waals surface area contributed by atoms with Gasteiger partial charge in [0.2, 0.25) is 0 Å². The highest BCUT2D eigenvalue weighted by Crippen LogP contribution is 2.23. The second-order valence-corrected chi connectivity index (χ2v) is 4.89. The number of hydrogen-bond acceptors (Lipinski definition) is 2. The van der Waals surface area contributed by atoms with Gasteiger partial charge in [0.15, 0.2) is 5.82 Å². The fraction of sp³-hybridized carbons (Fsp3) is 0.500. The largest absolute Gasteiger partial charge is 0.250 e. The number of rotatable bonds is 1. The van der Waals surface area contributed by atoms with Crippen LogP contribution in [-0.2, 0) is 17.7 Å². The highest BCUT2D eigenvalue weighted by Gasteiger charge is 2.02. The summed E-state index contributed by atoms with van der Waals surface area (Å²) in [5.41, 5.74) is 0. The van der Waals surface area contributed by atoms with Crippen LogP contribution in [0.3, 0.4) is 0 Å². The zero-order chi connectivity index (χ0) is 8.43. The Balaban J connectivity index is 3.11. The fourth-order valence-electron chi connectivity index (χ4n) is 0.680. The standard InChI is InChI=1S/C6H10BrN3S/c1-10-6(9-11(2)3)5(7)4-8-10/h4H,1-3H3. The molecule has 5 heteroatoms. The first-order chi connectivity index (χ1) is 5.11. The summed E-state index contributed by atoms with van der Waals surface area (Å²) in [6, 6.07) is 0. The Morgan fingerprint density at radius 3 is 2.64 bits per heavy atom. The van der Waals surface area contributed by atoms with Crippen molar-refractivity contribution in [1.29, 1.82) is 0 Å². The van der Waals surface area contributed by atoms with E-state index in [2.05, 4.69) is 37.9 Å². The third-order valence-corrected chi connectivity index (χ3v) is 2.23. The zero-order valence-corrected chi connectivity index (χ0v) is 9.11. The van der Waals surface area contributed by atoms with Gasteiger partial charge in [-0.15, -0.1) is 0 Å². The van der Waals surface area contributed by atoms with E-state index in [4.69, 9.17) is 0 Å². The van der Waals surface area contributed by atoms with Crippen LogP contribution in [0.5, 0.6) is 0 Å². The maximum absolute atomic E-state index is 4.40. The van der Waals surface area contributed by atoms with Crippen molar-refractivity contribution < 1.29 is 0 Å². The maximum atomic E-state index is 4.40. The van der Waals surface area contributed by atoms with E-state index in [-0.39, 0.29) is 10.7 Å². The Morgan fingerprint density at radius 2 is 2.27 bits per heavy atom. The van der Waals surface area contributed by atoms with Crippen LogP contribution in [-0.4, -0.2) is 22.3 Å². The van der Waals surface area contributed by atoms with Gasteiger partial charge in [-0.05, 0) is 28.4 Å². The molecule has 0 atom stereocenters. The molecule has 3 nitrogen and oxygen atoms in total. The lowest BCUT2D eigenvalue weighted by molar-refractivity contribution is 0.771. The Labute approximate surface area is 77.0 Å². The number of halogens is 1. The molecule has 1 heterocycles. The minimum absolute atomic E-state index is 0.0687. The van der Waals surface area contributed by atoms with Gasteiger partial charge >= 0.3 is 0 Å². The van der Waals surface area contributed by atoms with Crippen LogP contribution in [0, 0.1) is 0 Å². The van der Waals surface area contributed by atoms with Gasteiger partial charge in [-0.3, -0.25) is 0 Å². The highest BCUT2D eigenvalue weighted by atomic mass is 79.9. The Kier molecular flexibility index (Phi) is 2.84. The summed E-state index contributed by atoms with van der Waals surface area (Å²) in [6.07, 6.45) is 5.89. The normalized spacial score (nSPS) is 10.6. The van der Waals surface area contributed by atoms with E-state index in [9.17, 15) is 0 Å². The summed E-state index contributed by atoms with van der Waals surface area (Å²) in [5.74, 6) is 0.915. The molecule has 0 fully saturated rings. The molecule has 1 aromatic rings. The van der Waals surface area contributed by atoms with Crippen molar-refractivity contribution in [3.8, 4) is 0 Å². The first kappa shape index (κ1) is 8.93. The highest BCUT2D eigenvalue weighted by molar-refractivity contribution is 9.10. The van der Waals surface area contributed by atoms with Crippen molar-refractivity contribution >= 4 is 32.4 Å². The molecule has 1 aromatic heterocycles. The van der Waals surface area contributed by atoms with Gasteiger partial charge in [0, 0.05) is 7.05 Å². The van der Waals surface area contributed by atoms with Gasteiger partial charge in [0.1, 0.15) is 0 Å². The Morgan fingerprint density at radius 1 is 1.64 bits per heavy atom. The van der Waals surface area contributed by atoms with Crippen LogP contribution in [0.2, 0.25) is 0 Å². The molecule has 0 spiro atoms. The van der Waals surface area contributed by atoms with Crippen molar-refractivity contribution in [3.05, 3.63) is 10.7 Å². The lowest BCUT2D eigenvalue weighted by Gasteiger charge is -1.95. The molecular weight excluding hydrogens is 226 g/mol. The molecule has 0 unspecified atom stereocenters. The summed E-state index contributed by atoms with van der Waals surface area (Å²) >= 11 is 3.37. The summed E-state index contributed by atoms with van der Waals surface area (Å²) in [5, 5.41) is 4.05. The molecule has 62 valence electrons. The SMILES string of the molecule is Cn1ncc(Br)c1N=S(C)C. The second kappa shape index (κ2) is 3.49. The topological polar surface area (TPSA) is 30.2 Å². The van der Waals surface area contributed by atoms with Crippen LogP contribution in [0.25, 0.3) is 0 Å². The van der Waals surface area contributed by atoms with Crippen molar-refractivity contribution in [2.24, 2.45) is 11.4 Å². The minimum atomic E-state index is 0.0687. The molecule has 0 N–H and O–H groups in total. The lowest BCUT2D eigenvalue weighted by atomic mass is 10.7. The molecule has 0 amide bonds. The van der Waals surface area contributed by atoms with E-state index in [1.165, 1.54) is 0 Å². The van der Waals surface area contributed by atoms with Gasteiger partial charge in [-0.1, -0.05) is 10.7 Å². The third-order valence-electron chi connectivity index (χ3n) is 1.13. The predicted molar refractivity (Wildman–Crippen MR) is 52.2 cm³/mol. The second-order valence-electron chi connectivity index (χ2n) is 2.30. The minimum Gasteiger partial charge on any atom is -0.250 e. The average Bonchev–Trinajstić information content (AvgIpc) is 2.18. The van der Waals surface area contributed by atoms with E-state index in [1.54, 1.807) is 10.9 Å². The average molecular weight is 236 g/mol. The van der Waals surface area contributed by atoms with Crippen LogP contribution in [0.15, 0.2) is 15.0 Å². The quantitative estimate of drug-likeness (QED) is 0.732. The molecule has 0 bridgehead atoms. The molecule has 0 aliphatic heterocycles. The summed E-state index contributed by atoms with van der Waals surface area (Å²) < 4.78 is 7.12. The van der Waals surface area contributed by atoms with Crippen molar-refractivity contribution in [2.75, 3.05) is 12.5 Å². The van der Waals surface area contributed by atoms with Crippen LogP contribution in [0.4, 0.5) is 5.82 Å². The third kappa shape index (κ3) is 2.13. The lowest BCUT2D eigenvalue weighted by Crippen LogP contribution is -1.89. The number of hydrogen-bond donors (Lipinski definition) is 0. The summed E-state index contributed by atoms with van der Waals surface area (Å²) in [6.45, 7) is 0. The van der Waals surface area contributed by atoms with Crippen molar-refractivity contribution in [1.82, 2.24) is 9.78 Å². The maximum Gasteiger partial charge on any atom is 0.171 e. The number of nitrogens with zero attached hydrogens (tertiary/aromatic N) is 3. The molecule has 0 radical (unpaired) electrons. The van der Waals surface area contributed by atoms with E-state index in [0.29, 0.717) is 0 Å². The Bertz CT molecular complexity index is 269. The first-order valence-electron chi connectivity index (χ1n) is 3.08. The predicted octanol–water partition coefficient (Wildman–Crippen LogP) is 1.88. The van der Waals surface area contributed by atoms with Crippen LogP contribution >= 0.6 is 15.9 Å². The first-order valence-corrected chi connectivity index (χ1v) is 5.87. The van der Waals surface area contributed by atoms with Crippen LogP contribution < -0.4 is 0 Å². The number of aryl methyl sites for hydroxylation is 1. The number of aromatic nitrogens is 2. The molecule has 0 aromatic carbocycles. The molecule has 0 saturated heterocycles. The van der Waals surface area contributed by atoms with Crippen molar-refractivity contribution in [3.63, 3.8) is 0 Å². The van der Waals surface area contributed by atoms with E-state index in [1.807, 2.05) is 7.05 Å². The van der Waals surface area contributed by atoms with Gasteiger partial charge in [0.25, 0.3) is 0 Å². The molecule has 11 heavy (non-hydrogen) atoms. The van der Waals surface area contributed by atoms with Gasteiger partial charge < -0.3 is 0 Å². The van der Waals surface area contributed by atoms with E-state index < -0.39 is 0 Å². The zero-order valence-electron chi connectivity index (χ0n) is 6.71. The molecular formula is C6H10BrN3S. The summed E-state index contributed by atoms with van der Waals surface area (Å²) in [4.78, 5) is 0. The summed E-state index contributed by atoms with van der Waals surface area (Å²) in [7, 11) is 1.95. The molecule has 0 aliphatic rings. The van der Waals surface area contributed by atoms with Gasteiger partial charge in [0.05, 0.1) is 10.7 Å².